The van der Waals surface area contributed by atoms with Crippen molar-refractivity contribution in [2.45, 2.75) is 32.4 Å². The van der Waals surface area contributed by atoms with E-state index in [0.717, 1.165) is 22.2 Å². The topological polar surface area (TPSA) is 112 Å². The highest BCUT2D eigenvalue weighted by Gasteiger charge is 2.36. The number of hydrogen-bond donors (Lipinski definition) is 3. The van der Waals surface area contributed by atoms with E-state index in [1.54, 1.807) is 22.7 Å². The molecule has 31 heavy (non-hydrogen) atoms. The Bertz CT molecular complexity index is 1110. The van der Waals surface area contributed by atoms with Gasteiger partial charge in [0.05, 0.1) is 0 Å². The third kappa shape index (κ3) is 4.30. The molecule has 1 fully saturated rings. The number of aromatic amines is 1. The lowest BCUT2D eigenvalue weighted by atomic mass is 10.1. The molecular weight excluding hydrogens is 396 g/mol. The fourth-order valence-corrected chi connectivity index (χ4v) is 3.89. The summed E-state index contributed by atoms with van der Waals surface area (Å²) in [6, 6.07) is 9.10. The van der Waals surface area contributed by atoms with Crippen LogP contribution in [0.4, 0.5) is 0 Å². The molecule has 0 spiro atoms. The number of aryl methyl sites for hydroxylation is 2. The summed E-state index contributed by atoms with van der Waals surface area (Å²) in [7, 11) is 1.78. The summed E-state index contributed by atoms with van der Waals surface area (Å²) in [5.74, 6) is -0.507. The molecule has 0 bridgehead atoms. The minimum atomic E-state index is -0.504. The molecule has 4 rings (SSSR count). The first kappa shape index (κ1) is 20.6. The molecule has 9 heteroatoms. The first-order chi connectivity index (χ1) is 14.9. The summed E-state index contributed by atoms with van der Waals surface area (Å²) < 4.78 is 1.64. The standard InChI is InChI=1S/C22H26N6O3/c1-14-11-18(26-27(14)2)21(30)23-9-10-24-22(31)19-7-8-20(29)28(19)13-15-12-25-17-6-4-3-5-16(15)17/h3-6,11-12,19,25H,7-10,13H2,1-2H3,(H,23,30)(H,24,31). The largest absolute Gasteiger partial charge is 0.361 e. The van der Waals surface area contributed by atoms with Crippen molar-refractivity contribution in [2.75, 3.05) is 13.1 Å². The van der Waals surface area contributed by atoms with E-state index in [-0.39, 0.29) is 30.8 Å². The van der Waals surface area contributed by atoms with Crippen LogP contribution in [0.1, 0.15) is 34.6 Å². The minimum absolute atomic E-state index is 0.0238. The maximum atomic E-state index is 12.7. The van der Waals surface area contributed by atoms with Crippen molar-refractivity contribution in [1.29, 1.82) is 0 Å². The number of fused-ring (bicyclic) bond motifs is 1. The molecule has 3 heterocycles. The predicted octanol–water partition coefficient (Wildman–Crippen LogP) is 1.25. The van der Waals surface area contributed by atoms with Gasteiger partial charge in [0.1, 0.15) is 11.7 Å². The first-order valence-corrected chi connectivity index (χ1v) is 10.3. The Morgan fingerprint density at radius 1 is 1.23 bits per heavy atom. The Balaban J connectivity index is 1.31. The molecule has 1 saturated heterocycles. The van der Waals surface area contributed by atoms with Gasteiger partial charge >= 0.3 is 0 Å². The van der Waals surface area contributed by atoms with Gasteiger partial charge in [-0.1, -0.05) is 18.2 Å². The van der Waals surface area contributed by atoms with Crippen LogP contribution in [0, 0.1) is 6.92 Å². The maximum Gasteiger partial charge on any atom is 0.271 e. The second kappa shape index (κ2) is 8.63. The molecule has 9 nitrogen and oxygen atoms in total. The SMILES string of the molecule is Cc1cc(C(=O)NCCNC(=O)C2CCC(=O)N2Cc2c[nH]c3ccccc23)nn1C. The highest BCUT2D eigenvalue weighted by molar-refractivity contribution is 5.93. The highest BCUT2D eigenvalue weighted by atomic mass is 16.2. The lowest BCUT2D eigenvalue weighted by Gasteiger charge is -2.24. The van der Waals surface area contributed by atoms with Crippen LogP contribution in [-0.2, 0) is 23.2 Å². The molecule has 1 aliphatic heterocycles. The number of rotatable bonds is 7. The van der Waals surface area contributed by atoms with Crippen molar-refractivity contribution in [3.8, 4) is 0 Å². The van der Waals surface area contributed by atoms with Gasteiger partial charge in [-0.25, -0.2) is 0 Å². The molecule has 3 N–H and O–H groups in total. The summed E-state index contributed by atoms with van der Waals surface area (Å²) >= 11 is 0. The van der Waals surface area contributed by atoms with Crippen molar-refractivity contribution in [3.63, 3.8) is 0 Å². The van der Waals surface area contributed by atoms with E-state index >= 15 is 0 Å². The van der Waals surface area contributed by atoms with Crippen LogP contribution in [0.5, 0.6) is 0 Å². The van der Waals surface area contributed by atoms with Gasteiger partial charge in [0.15, 0.2) is 0 Å². The van der Waals surface area contributed by atoms with E-state index in [9.17, 15) is 14.4 Å². The Labute approximate surface area is 179 Å². The smallest absolute Gasteiger partial charge is 0.271 e. The molecule has 1 aromatic carbocycles. The van der Waals surface area contributed by atoms with Gasteiger partial charge < -0.3 is 20.5 Å². The molecule has 2 aromatic heterocycles. The van der Waals surface area contributed by atoms with Crippen molar-refractivity contribution < 1.29 is 14.4 Å². The normalized spacial score (nSPS) is 16.1. The zero-order chi connectivity index (χ0) is 22.0. The highest BCUT2D eigenvalue weighted by Crippen LogP contribution is 2.25. The van der Waals surface area contributed by atoms with Crippen LogP contribution in [-0.4, -0.2) is 56.5 Å². The third-order valence-electron chi connectivity index (χ3n) is 5.70. The van der Waals surface area contributed by atoms with Crippen molar-refractivity contribution in [1.82, 2.24) is 30.3 Å². The second-order valence-corrected chi connectivity index (χ2v) is 7.78. The third-order valence-corrected chi connectivity index (χ3v) is 5.70. The minimum Gasteiger partial charge on any atom is -0.361 e. The fraction of sp³-hybridized carbons (Fsp3) is 0.364. The van der Waals surface area contributed by atoms with Crippen LogP contribution in [0.15, 0.2) is 36.5 Å². The summed E-state index contributed by atoms with van der Waals surface area (Å²) in [4.78, 5) is 42.1. The number of para-hydroxylation sites is 1. The number of carbonyl (C=O) groups is 3. The van der Waals surface area contributed by atoms with E-state index < -0.39 is 6.04 Å². The maximum absolute atomic E-state index is 12.7. The summed E-state index contributed by atoms with van der Waals surface area (Å²) in [6.45, 7) is 2.82. The van der Waals surface area contributed by atoms with Crippen molar-refractivity contribution in [2.24, 2.45) is 7.05 Å². The van der Waals surface area contributed by atoms with E-state index in [0.29, 0.717) is 25.1 Å². The summed E-state index contributed by atoms with van der Waals surface area (Å²) in [6.07, 6.45) is 2.74. The number of nitrogens with zero attached hydrogens (tertiary/aromatic N) is 3. The Hall–Kier alpha value is -3.62. The van der Waals surface area contributed by atoms with E-state index in [1.807, 2.05) is 37.4 Å². The molecule has 0 radical (unpaired) electrons. The molecule has 1 atom stereocenters. The van der Waals surface area contributed by atoms with E-state index in [4.69, 9.17) is 0 Å². The van der Waals surface area contributed by atoms with Crippen LogP contribution in [0.25, 0.3) is 10.9 Å². The van der Waals surface area contributed by atoms with Gasteiger partial charge in [-0.15, -0.1) is 0 Å². The fourth-order valence-electron chi connectivity index (χ4n) is 3.89. The Morgan fingerprint density at radius 3 is 2.77 bits per heavy atom. The van der Waals surface area contributed by atoms with Gasteiger partial charge in [0.25, 0.3) is 5.91 Å². The van der Waals surface area contributed by atoms with Crippen molar-refractivity contribution >= 4 is 28.6 Å². The molecule has 3 aromatic rings. The number of nitrogens with one attached hydrogen (secondary N) is 3. The number of H-pyrrole nitrogens is 1. The molecule has 0 aliphatic carbocycles. The molecule has 1 unspecified atom stereocenters. The lowest BCUT2D eigenvalue weighted by Crippen LogP contribution is -2.46. The molecular formula is C22H26N6O3. The van der Waals surface area contributed by atoms with E-state index in [2.05, 4.69) is 20.7 Å². The van der Waals surface area contributed by atoms with Gasteiger partial charge in [-0.05, 0) is 31.0 Å². The molecule has 162 valence electrons. The van der Waals surface area contributed by atoms with E-state index in [1.165, 1.54) is 0 Å². The number of likely N-dealkylation sites (tertiary alicyclic amines) is 1. The lowest BCUT2D eigenvalue weighted by molar-refractivity contribution is -0.135. The van der Waals surface area contributed by atoms with Crippen LogP contribution < -0.4 is 10.6 Å². The zero-order valence-corrected chi connectivity index (χ0v) is 17.6. The van der Waals surface area contributed by atoms with Gasteiger partial charge in [-0.3, -0.25) is 19.1 Å². The number of aromatic nitrogens is 3. The number of hydrogen-bond acceptors (Lipinski definition) is 4. The zero-order valence-electron chi connectivity index (χ0n) is 17.6. The number of benzene rings is 1. The van der Waals surface area contributed by atoms with Gasteiger partial charge in [0, 0.05) is 55.9 Å². The van der Waals surface area contributed by atoms with Crippen LogP contribution >= 0.6 is 0 Å². The Morgan fingerprint density at radius 2 is 2.00 bits per heavy atom. The molecule has 1 aliphatic rings. The number of carbonyl (C=O) groups excluding carboxylic acids is 3. The average Bonchev–Trinajstić information content (AvgIpc) is 3.44. The van der Waals surface area contributed by atoms with Crippen LogP contribution in [0.2, 0.25) is 0 Å². The second-order valence-electron chi connectivity index (χ2n) is 7.78. The predicted molar refractivity (Wildman–Crippen MR) is 115 cm³/mol. The first-order valence-electron chi connectivity index (χ1n) is 10.3. The average molecular weight is 422 g/mol. The monoisotopic (exact) mass is 422 g/mol. The van der Waals surface area contributed by atoms with Crippen LogP contribution in [0.3, 0.4) is 0 Å². The molecule has 0 saturated carbocycles. The van der Waals surface area contributed by atoms with Gasteiger partial charge in [0.2, 0.25) is 11.8 Å². The molecule has 3 amide bonds. The summed E-state index contributed by atoms with van der Waals surface area (Å²) in [5.41, 5.74) is 3.22. The summed E-state index contributed by atoms with van der Waals surface area (Å²) in [5, 5.41) is 10.8. The number of amides is 3. The van der Waals surface area contributed by atoms with Gasteiger partial charge in [-0.2, -0.15) is 5.10 Å². The Kier molecular flexibility index (Phi) is 5.75. The van der Waals surface area contributed by atoms with Crippen molar-refractivity contribution in [3.05, 3.63) is 53.5 Å². The quantitative estimate of drug-likeness (QED) is 0.498.